The van der Waals surface area contributed by atoms with Crippen LogP contribution in [0, 0.1) is 5.92 Å². The SMILES string of the molecule is CC1C=C(n2c3ccccc3c3ccc4c(c32)C(C)(C)c2ccccc2-4)C=CC1c1ccc2oc3ccccc3c2c1. The lowest BCUT2D eigenvalue weighted by atomic mass is 9.81. The van der Waals surface area contributed by atoms with E-state index in [2.05, 4.69) is 141 Å². The van der Waals surface area contributed by atoms with Gasteiger partial charge >= 0.3 is 0 Å². The number of fused-ring (bicyclic) bond motifs is 10. The largest absolute Gasteiger partial charge is 0.456 e. The average molecular weight is 542 g/mol. The molecule has 2 aromatic heterocycles. The highest BCUT2D eigenvalue weighted by Crippen LogP contribution is 2.53. The van der Waals surface area contributed by atoms with Gasteiger partial charge in [-0.05, 0) is 64.1 Å². The molecule has 2 aliphatic carbocycles. The second-order valence-electron chi connectivity index (χ2n) is 12.6. The molecule has 0 bridgehead atoms. The van der Waals surface area contributed by atoms with Crippen LogP contribution in [0.25, 0.3) is 60.6 Å². The van der Waals surface area contributed by atoms with Gasteiger partial charge in [0.2, 0.25) is 0 Å². The zero-order valence-electron chi connectivity index (χ0n) is 24.1. The number of hydrogen-bond donors (Lipinski definition) is 0. The van der Waals surface area contributed by atoms with Gasteiger partial charge < -0.3 is 8.98 Å². The molecule has 2 heteroatoms. The summed E-state index contributed by atoms with van der Waals surface area (Å²) in [5.74, 6) is 0.630. The standard InChI is InChI=1S/C40H31NO/c1-24-22-26(17-18-27(24)25-16-21-37-33(23-25)30-12-6-9-15-36(30)42-37)41-35-14-8-5-11-29(35)32-20-19-31-28-10-4-7-13-34(28)40(2,3)38(31)39(32)41/h4-24,27H,1-3H3. The van der Waals surface area contributed by atoms with Gasteiger partial charge in [-0.1, -0.05) is 112 Å². The molecule has 5 aromatic carbocycles. The van der Waals surface area contributed by atoms with Crippen LogP contribution in [0.5, 0.6) is 0 Å². The quantitative estimate of drug-likeness (QED) is 0.213. The topological polar surface area (TPSA) is 18.1 Å². The summed E-state index contributed by atoms with van der Waals surface area (Å²) in [5, 5.41) is 5.01. The number of nitrogens with zero attached hydrogens (tertiary/aromatic N) is 1. The molecule has 2 atom stereocenters. The third-order valence-electron chi connectivity index (χ3n) is 9.87. The van der Waals surface area contributed by atoms with E-state index in [1.807, 2.05) is 6.07 Å². The van der Waals surface area contributed by atoms with Gasteiger partial charge in [-0.3, -0.25) is 0 Å². The van der Waals surface area contributed by atoms with Crippen LogP contribution in [0.15, 0.2) is 126 Å². The van der Waals surface area contributed by atoms with Crippen molar-refractivity contribution in [2.45, 2.75) is 32.1 Å². The van der Waals surface area contributed by atoms with Crippen molar-refractivity contribution in [3.05, 3.63) is 138 Å². The van der Waals surface area contributed by atoms with E-state index in [1.54, 1.807) is 0 Å². The molecule has 0 fully saturated rings. The van der Waals surface area contributed by atoms with Crippen LogP contribution in [0.4, 0.5) is 0 Å². The van der Waals surface area contributed by atoms with Crippen molar-refractivity contribution in [1.82, 2.24) is 4.57 Å². The number of furan rings is 1. The second kappa shape index (κ2) is 8.36. The zero-order valence-corrected chi connectivity index (χ0v) is 24.1. The minimum atomic E-state index is -0.0898. The molecule has 0 radical (unpaired) electrons. The van der Waals surface area contributed by atoms with Gasteiger partial charge in [0.25, 0.3) is 0 Å². The smallest absolute Gasteiger partial charge is 0.135 e. The highest BCUT2D eigenvalue weighted by Gasteiger charge is 2.38. The Hall–Kier alpha value is -4.82. The molecule has 7 aromatic rings. The lowest BCUT2D eigenvalue weighted by Gasteiger charge is -2.27. The number of rotatable bonds is 2. The van der Waals surface area contributed by atoms with E-state index < -0.39 is 0 Å². The molecule has 2 nitrogen and oxygen atoms in total. The van der Waals surface area contributed by atoms with Crippen LogP contribution >= 0.6 is 0 Å². The van der Waals surface area contributed by atoms with Crippen LogP contribution in [0.3, 0.4) is 0 Å². The predicted molar refractivity (Wildman–Crippen MR) is 176 cm³/mol. The Morgan fingerprint density at radius 2 is 1.45 bits per heavy atom. The Bertz CT molecular complexity index is 2300. The van der Waals surface area contributed by atoms with Crippen molar-refractivity contribution >= 4 is 49.4 Å². The van der Waals surface area contributed by atoms with Crippen molar-refractivity contribution in [2.24, 2.45) is 5.92 Å². The highest BCUT2D eigenvalue weighted by atomic mass is 16.3. The van der Waals surface area contributed by atoms with Crippen LogP contribution < -0.4 is 0 Å². The predicted octanol–water partition coefficient (Wildman–Crippen LogP) is 10.8. The summed E-state index contributed by atoms with van der Waals surface area (Å²) < 4.78 is 8.65. The first-order valence-corrected chi connectivity index (χ1v) is 15.0. The summed E-state index contributed by atoms with van der Waals surface area (Å²) >= 11 is 0. The third kappa shape index (κ3) is 3.10. The van der Waals surface area contributed by atoms with Crippen molar-refractivity contribution in [3.63, 3.8) is 0 Å². The molecule has 0 spiro atoms. The Kier molecular flexibility index (Phi) is 4.75. The van der Waals surface area contributed by atoms with E-state index in [0.717, 1.165) is 11.2 Å². The van der Waals surface area contributed by atoms with Crippen LogP contribution in [0.1, 0.15) is 43.4 Å². The van der Waals surface area contributed by atoms with E-state index in [9.17, 15) is 0 Å². The maximum atomic E-state index is 6.11. The molecule has 0 aliphatic heterocycles. The molecular weight excluding hydrogens is 510 g/mol. The Labute approximate surface area is 245 Å². The van der Waals surface area contributed by atoms with Gasteiger partial charge in [-0.2, -0.15) is 0 Å². The summed E-state index contributed by atoms with van der Waals surface area (Å²) in [5.41, 5.74) is 12.5. The molecule has 9 rings (SSSR count). The molecule has 0 amide bonds. The van der Waals surface area contributed by atoms with Gasteiger partial charge in [0.05, 0.1) is 11.0 Å². The summed E-state index contributed by atoms with van der Waals surface area (Å²) in [6.07, 6.45) is 7.23. The fourth-order valence-electron chi connectivity index (χ4n) is 7.90. The molecule has 202 valence electrons. The van der Waals surface area contributed by atoms with Gasteiger partial charge in [-0.15, -0.1) is 0 Å². The van der Waals surface area contributed by atoms with Crippen LogP contribution in [-0.4, -0.2) is 4.57 Å². The van der Waals surface area contributed by atoms with Crippen molar-refractivity contribution in [3.8, 4) is 11.1 Å². The van der Waals surface area contributed by atoms with Crippen molar-refractivity contribution in [1.29, 1.82) is 0 Å². The lowest BCUT2D eigenvalue weighted by Crippen LogP contribution is -2.17. The summed E-state index contributed by atoms with van der Waals surface area (Å²) in [4.78, 5) is 0. The Morgan fingerprint density at radius 3 is 2.33 bits per heavy atom. The Morgan fingerprint density at radius 1 is 0.690 bits per heavy atom. The number of hydrogen-bond acceptors (Lipinski definition) is 1. The van der Waals surface area contributed by atoms with E-state index in [4.69, 9.17) is 4.42 Å². The first-order chi connectivity index (χ1) is 20.5. The average Bonchev–Trinajstić information content (AvgIpc) is 3.63. The first-order valence-electron chi connectivity index (χ1n) is 15.0. The summed E-state index contributed by atoms with van der Waals surface area (Å²) in [6.45, 7) is 7.13. The maximum Gasteiger partial charge on any atom is 0.135 e. The summed E-state index contributed by atoms with van der Waals surface area (Å²) in [7, 11) is 0. The zero-order chi connectivity index (χ0) is 28.2. The number of allylic oxidation sites excluding steroid dienone is 4. The summed E-state index contributed by atoms with van der Waals surface area (Å²) in [6, 6.07) is 37.6. The molecule has 2 unspecified atom stereocenters. The maximum absolute atomic E-state index is 6.11. The minimum Gasteiger partial charge on any atom is -0.456 e. The van der Waals surface area contributed by atoms with Crippen molar-refractivity contribution in [2.75, 3.05) is 0 Å². The van der Waals surface area contributed by atoms with Gasteiger partial charge in [0, 0.05) is 38.6 Å². The Balaban J connectivity index is 1.22. The fraction of sp³-hybridized carbons (Fsp3) is 0.150. The normalized spacial score (nSPS) is 19.1. The third-order valence-corrected chi connectivity index (χ3v) is 9.87. The molecule has 0 saturated heterocycles. The molecule has 2 heterocycles. The minimum absolute atomic E-state index is 0.0898. The van der Waals surface area contributed by atoms with Gasteiger partial charge in [-0.25, -0.2) is 0 Å². The van der Waals surface area contributed by atoms with Crippen molar-refractivity contribution < 1.29 is 4.42 Å². The number of para-hydroxylation sites is 2. The molecule has 0 N–H and O–H groups in total. The van der Waals surface area contributed by atoms with Crippen LogP contribution in [0.2, 0.25) is 0 Å². The fourth-order valence-corrected chi connectivity index (χ4v) is 7.90. The number of aromatic nitrogens is 1. The molecule has 42 heavy (non-hydrogen) atoms. The first kappa shape index (κ1) is 23.8. The van der Waals surface area contributed by atoms with Gasteiger partial charge in [0.1, 0.15) is 11.2 Å². The van der Waals surface area contributed by atoms with E-state index in [0.29, 0.717) is 11.8 Å². The highest BCUT2D eigenvalue weighted by molar-refractivity contribution is 6.14. The van der Waals surface area contributed by atoms with E-state index >= 15 is 0 Å². The second-order valence-corrected chi connectivity index (χ2v) is 12.6. The van der Waals surface area contributed by atoms with Crippen LogP contribution in [-0.2, 0) is 5.41 Å². The molecular formula is C40H31NO. The monoisotopic (exact) mass is 541 g/mol. The molecule has 0 saturated carbocycles. The lowest BCUT2D eigenvalue weighted by molar-refractivity contribution is 0.633. The number of benzene rings is 5. The van der Waals surface area contributed by atoms with E-state index in [-0.39, 0.29) is 5.41 Å². The van der Waals surface area contributed by atoms with Gasteiger partial charge in [0.15, 0.2) is 0 Å². The molecule has 2 aliphatic rings. The van der Waals surface area contributed by atoms with E-state index in [1.165, 1.54) is 66.1 Å².